The number of aromatic nitrogens is 3. The summed E-state index contributed by atoms with van der Waals surface area (Å²) >= 11 is 3.36. The van der Waals surface area contributed by atoms with Gasteiger partial charge in [0.25, 0.3) is 5.91 Å². The highest BCUT2D eigenvalue weighted by Crippen LogP contribution is 2.22. The molecule has 1 atom stereocenters. The van der Waals surface area contributed by atoms with E-state index in [-0.39, 0.29) is 11.9 Å². The lowest BCUT2D eigenvalue weighted by molar-refractivity contribution is 0.0716. The minimum atomic E-state index is 0.0698. The molecule has 0 spiro atoms. The van der Waals surface area contributed by atoms with Crippen molar-refractivity contribution in [1.82, 2.24) is 19.7 Å². The fourth-order valence-electron chi connectivity index (χ4n) is 2.56. The summed E-state index contributed by atoms with van der Waals surface area (Å²) in [5.74, 6) is 0.0698. The first kappa shape index (κ1) is 12.5. The molecule has 1 amide bonds. The molecule has 0 bridgehead atoms. The van der Waals surface area contributed by atoms with E-state index in [1.54, 1.807) is 12.4 Å². The summed E-state index contributed by atoms with van der Waals surface area (Å²) in [5.41, 5.74) is 0.638. The van der Waals surface area contributed by atoms with Crippen LogP contribution in [-0.2, 0) is 6.54 Å². The van der Waals surface area contributed by atoms with Gasteiger partial charge in [0, 0.05) is 29.6 Å². The van der Waals surface area contributed by atoms with E-state index in [0.29, 0.717) is 5.69 Å². The van der Waals surface area contributed by atoms with Crippen molar-refractivity contribution >= 4 is 21.8 Å². The molecule has 3 rings (SSSR count). The third kappa shape index (κ3) is 2.58. The molecule has 5 nitrogen and oxygen atoms in total. The van der Waals surface area contributed by atoms with Crippen LogP contribution in [-0.4, -0.2) is 38.2 Å². The maximum absolute atomic E-state index is 12.4. The highest BCUT2D eigenvalue weighted by Gasteiger charge is 2.30. The van der Waals surface area contributed by atoms with Crippen molar-refractivity contribution < 1.29 is 4.79 Å². The fraction of sp³-hybridized carbons (Fsp3) is 0.385. The van der Waals surface area contributed by atoms with Gasteiger partial charge in [0.15, 0.2) is 0 Å². The summed E-state index contributed by atoms with van der Waals surface area (Å²) in [6.07, 6.45) is 7.58. The van der Waals surface area contributed by atoms with E-state index in [4.69, 9.17) is 0 Å². The van der Waals surface area contributed by atoms with E-state index in [2.05, 4.69) is 26.0 Å². The number of likely N-dealkylation sites (tertiary alicyclic amines) is 1. The van der Waals surface area contributed by atoms with Gasteiger partial charge < -0.3 is 9.88 Å². The number of carbonyl (C=O) groups is 1. The predicted octanol–water partition coefficient (Wildman–Crippen LogP) is 2.28. The Balaban J connectivity index is 1.74. The molecule has 1 aliphatic heterocycles. The molecule has 0 radical (unpaired) electrons. The van der Waals surface area contributed by atoms with Crippen molar-refractivity contribution in [2.24, 2.45) is 0 Å². The Bertz CT molecular complexity index is 563. The minimum Gasteiger partial charge on any atom is -0.356 e. The molecular weight excluding hydrogens is 308 g/mol. The quantitative estimate of drug-likeness (QED) is 0.942. The molecule has 3 heterocycles. The van der Waals surface area contributed by atoms with Crippen molar-refractivity contribution in [2.75, 3.05) is 6.54 Å². The second kappa shape index (κ2) is 5.21. The Morgan fingerprint density at radius 3 is 3.16 bits per heavy atom. The van der Waals surface area contributed by atoms with E-state index >= 15 is 0 Å². The molecule has 1 saturated heterocycles. The van der Waals surface area contributed by atoms with Crippen molar-refractivity contribution in [3.05, 3.63) is 40.9 Å². The van der Waals surface area contributed by atoms with Crippen LogP contribution in [0.15, 0.2) is 35.2 Å². The van der Waals surface area contributed by atoms with Crippen LogP contribution in [0.1, 0.15) is 23.3 Å². The molecule has 100 valence electrons. The number of carbonyl (C=O) groups excluding carboxylic acids is 1. The number of amides is 1. The first-order valence-electron chi connectivity index (χ1n) is 6.36. The fourth-order valence-corrected chi connectivity index (χ4v) is 2.91. The standard InChI is InChI=1S/C13H15BrN4O/c14-10-7-12(15-8-10)13(19)18-6-1-3-11(18)9-17-5-2-4-16-17/h2,4-5,7-8,11,15H,1,3,6,9H2. The topological polar surface area (TPSA) is 53.9 Å². The lowest BCUT2D eigenvalue weighted by Crippen LogP contribution is -2.38. The zero-order chi connectivity index (χ0) is 13.2. The lowest BCUT2D eigenvalue weighted by atomic mass is 10.2. The van der Waals surface area contributed by atoms with Crippen LogP contribution in [0.2, 0.25) is 0 Å². The maximum atomic E-state index is 12.4. The van der Waals surface area contributed by atoms with E-state index in [9.17, 15) is 4.79 Å². The summed E-state index contributed by atoms with van der Waals surface area (Å²) in [7, 11) is 0. The summed E-state index contributed by atoms with van der Waals surface area (Å²) in [4.78, 5) is 17.4. The first-order valence-corrected chi connectivity index (χ1v) is 7.15. The number of aromatic amines is 1. The number of nitrogens with one attached hydrogen (secondary N) is 1. The highest BCUT2D eigenvalue weighted by atomic mass is 79.9. The Hall–Kier alpha value is -1.56. The van der Waals surface area contributed by atoms with Gasteiger partial charge in [-0.25, -0.2) is 0 Å². The van der Waals surface area contributed by atoms with Crippen LogP contribution < -0.4 is 0 Å². The molecular formula is C13H15BrN4O. The number of rotatable bonds is 3. The van der Waals surface area contributed by atoms with Gasteiger partial charge in [-0.05, 0) is 40.9 Å². The molecule has 2 aromatic rings. The molecule has 0 aromatic carbocycles. The number of hydrogen-bond donors (Lipinski definition) is 1. The number of H-pyrrole nitrogens is 1. The molecule has 0 saturated carbocycles. The third-order valence-electron chi connectivity index (χ3n) is 3.47. The zero-order valence-corrected chi connectivity index (χ0v) is 12.0. The molecule has 1 unspecified atom stereocenters. The zero-order valence-electron chi connectivity index (χ0n) is 10.4. The van der Waals surface area contributed by atoms with Gasteiger partial charge >= 0.3 is 0 Å². The monoisotopic (exact) mass is 322 g/mol. The van der Waals surface area contributed by atoms with E-state index in [1.807, 2.05) is 27.9 Å². The molecule has 1 aliphatic rings. The predicted molar refractivity (Wildman–Crippen MR) is 74.8 cm³/mol. The lowest BCUT2D eigenvalue weighted by Gasteiger charge is -2.24. The van der Waals surface area contributed by atoms with Crippen LogP contribution in [0.3, 0.4) is 0 Å². The maximum Gasteiger partial charge on any atom is 0.270 e. The van der Waals surface area contributed by atoms with Gasteiger partial charge in [0.2, 0.25) is 0 Å². The molecule has 2 aromatic heterocycles. The van der Waals surface area contributed by atoms with Gasteiger partial charge in [-0.3, -0.25) is 9.48 Å². The van der Waals surface area contributed by atoms with Gasteiger partial charge in [0.1, 0.15) is 5.69 Å². The van der Waals surface area contributed by atoms with Crippen molar-refractivity contribution in [2.45, 2.75) is 25.4 Å². The van der Waals surface area contributed by atoms with Gasteiger partial charge in [0.05, 0.1) is 12.6 Å². The summed E-state index contributed by atoms with van der Waals surface area (Å²) in [6, 6.07) is 3.96. The van der Waals surface area contributed by atoms with Crippen LogP contribution in [0, 0.1) is 0 Å². The summed E-state index contributed by atoms with van der Waals surface area (Å²) < 4.78 is 2.79. The van der Waals surface area contributed by atoms with E-state index in [0.717, 1.165) is 30.4 Å². The normalized spacial score (nSPS) is 19.0. The Morgan fingerprint density at radius 1 is 1.58 bits per heavy atom. The van der Waals surface area contributed by atoms with Crippen LogP contribution in [0.5, 0.6) is 0 Å². The SMILES string of the molecule is O=C(c1cc(Br)c[nH]1)N1CCCC1Cn1cccn1. The van der Waals surface area contributed by atoms with Crippen molar-refractivity contribution in [3.8, 4) is 0 Å². The molecule has 1 N–H and O–H groups in total. The average molecular weight is 323 g/mol. The van der Waals surface area contributed by atoms with Gasteiger partial charge in [-0.1, -0.05) is 0 Å². The number of hydrogen-bond acceptors (Lipinski definition) is 2. The highest BCUT2D eigenvalue weighted by molar-refractivity contribution is 9.10. The largest absolute Gasteiger partial charge is 0.356 e. The van der Waals surface area contributed by atoms with Gasteiger partial charge in [-0.2, -0.15) is 5.10 Å². The van der Waals surface area contributed by atoms with Crippen molar-refractivity contribution in [3.63, 3.8) is 0 Å². The summed E-state index contributed by atoms with van der Waals surface area (Å²) in [6.45, 7) is 1.59. The Kier molecular flexibility index (Phi) is 3.42. The number of halogens is 1. The minimum absolute atomic E-state index is 0.0698. The second-order valence-electron chi connectivity index (χ2n) is 4.75. The molecule has 0 aliphatic carbocycles. The first-order chi connectivity index (χ1) is 9.24. The van der Waals surface area contributed by atoms with E-state index < -0.39 is 0 Å². The van der Waals surface area contributed by atoms with Crippen LogP contribution in [0.25, 0.3) is 0 Å². The summed E-state index contributed by atoms with van der Waals surface area (Å²) in [5, 5.41) is 4.21. The van der Waals surface area contributed by atoms with Crippen LogP contribution >= 0.6 is 15.9 Å². The van der Waals surface area contributed by atoms with E-state index in [1.165, 1.54) is 0 Å². The average Bonchev–Trinajstić information content (AvgIpc) is 3.10. The molecule has 6 heteroatoms. The van der Waals surface area contributed by atoms with Crippen LogP contribution in [0.4, 0.5) is 0 Å². The smallest absolute Gasteiger partial charge is 0.270 e. The second-order valence-corrected chi connectivity index (χ2v) is 5.67. The van der Waals surface area contributed by atoms with Gasteiger partial charge in [-0.15, -0.1) is 0 Å². The molecule has 19 heavy (non-hydrogen) atoms. The Morgan fingerprint density at radius 2 is 2.47 bits per heavy atom. The molecule has 1 fully saturated rings. The van der Waals surface area contributed by atoms with Crippen molar-refractivity contribution in [1.29, 1.82) is 0 Å². The number of nitrogens with zero attached hydrogens (tertiary/aromatic N) is 3. The third-order valence-corrected chi connectivity index (χ3v) is 3.93. The Labute approximate surface area is 119 Å².